The minimum Gasteiger partial charge on any atom is -0.544 e. The highest BCUT2D eigenvalue weighted by Gasteiger charge is 2.13. The number of methoxy groups -OCH3 is 1. The van der Waals surface area contributed by atoms with Gasteiger partial charge in [-0.25, -0.2) is 4.98 Å². The summed E-state index contributed by atoms with van der Waals surface area (Å²) < 4.78 is 16.3. The molecule has 2 aromatic carbocycles. The summed E-state index contributed by atoms with van der Waals surface area (Å²) in [6.45, 7) is 2.23. The van der Waals surface area contributed by atoms with E-state index in [2.05, 4.69) is 4.98 Å². The number of carbonyl (C=O) groups is 1. The average molecular weight is 405 g/mol. The first-order chi connectivity index (χ1) is 13.0. The minimum absolute atomic E-state index is 0.0785. The fourth-order valence-corrected chi connectivity index (χ4v) is 3.44. The van der Waals surface area contributed by atoms with Gasteiger partial charge in [0.15, 0.2) is 17.1 Å². The zero-order valence-electron chi connectivity index (χ0n) is 14.5. The van der Waals surface area contributed by atoms with Gasteiger partial charge in [-0.3, -0.25) is 0 Å². The van der Waals surface area contributed by atoms with Crippen molar-refractivity contribution in [1.29, 1.82) is 0 Å². The highest BCUT2D eigenvalue weighted by Crippen LogP contribution is 2.38. The van der Waals surface area contributed by atoms with Crippen LogP contribution in [-0.2, 0) is 4.79 Å². The summed E-state index contributed by atoms with van der Waals surface area (Å²) in [5, 5.41) is 12.1. The first-order valence-corrected chi connectivity index (χ1v) is 9.18. The van der Waals surface area contributed by atoms with Crippen LogP contribution >= 0.6 is 23.4 Å². The number of rotatable bonds is 7. The van der Waals surface area contributed by atoms with Crippen LogP contribution in [-0.4, -0.2) is 24.7 Å². The maximum Gasteiger partial charge on any atom is 0.261 e. The predicted molar refractivity (Wildman–Crippen MR) is 102 cm³/mol. The standard InChI is InChI=1S/C19H16ClNO5S/c1-3-25-15-9-11(8-12(20)17(15)24-2)10-16(18(22)23)27-19-21-13-6-4-5-7-14(13)26-19/h4-10H,3H2,1-2H3,(H,22,23)/p-1/b16-10+. The molecule has 3 rings (SSSR count). The zero-order chi connectivity index (χ0) is 19.4. The second kappa shape index (κ2) is 8.37. The SMILES string of the molecule is CCOc1cc(/C=C(/Sc2nc3ccccc3o2)C(=O)[O-])cc(Cl)c1OC. The molecular weight excluding hydrogens is 390 g/mol. The summed E-state index contributed by atoms with van der Waals surface area (Å²) in [6, 6.07) is 10.4. The number of aromatic nitrogens is 1. The molecule has 8 heteroatoms. The Labute approximate surface area is 164 Å². The van der Waals surface area contributed by atoms with E-state index < -0.39 is 5.97 Å². The largest absolute Gasteiger partial charge is 0.544 e. The zero-order valence-corrected chi connectivity index (χ0v) is 16.1. The van der Waals surface area contributed by atoms with Crippen molar-refractivity contribution >= 4 is 46.5 Å². The number of fused-ring (bicyclic) bond motifs is 1. The molecule has 27 heavy (non-hydrogen) atoms. The lowest BCUT2D eigenvalue weighted by Gasteiger charge is -2.12. The van der Waals surface area contributed by atoms with Crippen LogP contribution in [0.25, 0.3) is 17.2 Å². The van der Waals surface area contributed by atoms with E-state index in [1.807, 2.05) is 19.1 Å². The Hall–Kier alpha value is -2.64. The third-order valence-corrected chi connectivity index (χ3v) is 4.64. The van der Waals surface area contributed by atoms with Crippen molar-refractivity contribution in [1.82, 2.24) is 4.98 Å². The molecule has 0 unspecified atom stereocenters. The van der Waals surface area contributed by atoms with Crippen molar-refractivity contribution < 1.29 is 23.8 Å². The molecule has 0 saturated carbocycles. The lowest BCUT2D eigenvalue weighted by molar-refractivity contribution is -0.298. The quantitative estimate of drug-likeness (QED) is 0.437. The van der Waals surface area contributed by atoms with Crippen LogP contribution in [0.15, 0.2) is 50.9 Å². The van der Waals surface area contributed by atoms with E-state index in [1.54, 1.807) is 24.3 Å². The van der Waals surface area contributed by atoms with Crippen LogP contribution in [0.4, 0.5) is 0 Å². The van der Waals surface area contributed by atoms with Gasteiger partial charge in [-0.15, -0.1) is 0 Å². The monoisotopic (exact) mass is 404 g/mol. The number of carbonyl (C=O) groups excluding carboxylic acids is 1. The van der Waals surface area contributed by atoms with Crippen LogP contribution in [0.1, 0.15) is 12.5 Å². The number of aliphatic carboxylic acids is 1. The summed E-state index contributed by atoms with van der Waals surface area (Å²) in [4.78, 5) is 15.8. The lowest BCUT2D eigenvalue weighted by atomic mass is 10.2. The summed E-state index contributed by atoms with van der Waals surface area (Å²) in [7, 11) is 1.48. The van der Waals surface area contributed by atoms with Crippen LogP contribution in [0.3, 0.4) is 0 Å². The van der Waals surface area contributed by atoms with E-state index in [9.17, 15) is 9.90 Å². The first kappa shape index (κ1) is 19.1. The number of carboxylic acid groups (broad SMARTS) is 1. The van der Waals surface area contributed by atoms with Crippen molar-refractivity contribution in [2.24, 2.45) is 0 Å². The Bertz CT molecular complexity index is 982. The highest BCUT2D eigenvalue weighted by atomic mass is 35.5. The summed E-state index contributed by atoms with van der Waals surface area (Å²) in [6.07, 6.45) is 1.42. The Kier molecular flexibility index (Phi) is 5.93. The molecule has 6 nitrogen and oxygen atoms in total. The molecule has 0 bridgehead atoms. The van der Waals surface area contributed by atoms with E-state index in [0.29, 0.717) is 39.8 Å². The number of para-hydroxylation sites is 2. The molecule has 0 fully saturated rings. The van der Waals surface area contributed by atoms with Gasteiger partial charge >= 0.3 is 0 Å². The molecule has 0 atom stereocenters. The third kappa shape index (κ3) is 4.37. The van der Waals surface area contributed by atoms with Crippen molar-refractivity contribution in [3.8, 4) is 11.5 Å². The van der Waals surface area contributed by atoms with Crippen molar-refractivity contribution in [3.63, 3.8) is 0 Å². The number of oxazole rings is 1. The average Bonchev–Trinajstić information content (AvgIpc) is 3.03. The second-order valence-corrected chi connectivity index (χ2v) is 6.71. The van der Waals surface area contributed by atoms with E-state index in [1.165, 1.54) is 13.2 Å². The summed E-state index contributed by atoms with van der Waals surface area (Å²) >= 11 is 7.07. The summed E-state index contributed by atoms with van der Waals surface area (Å²) in [5.41, 5.74) is 1.74. The number of thioether (sulfide) groups is 1. The molecule has 1 heterocycles. The Morgan fingerprint density at radius 2 is 2.15 bits per heavy atom. The van der Waals surface area contributed by atoms with Gasteiger partial charge < -0.3 is 23.8 Å². The molecule has 0 saturated heterocycles. The highest BCUT2D eigenvalue weighted by molar-refractivity contribution is 8.03. The number of hydrogen-bond donors (Lipinski definition) is 0. The fraction of sp³-hybridized carbons (Fsp3) is 0.158. The number of nitrogens with zero attached hydrogens (tertiary/aromatic N) is 1. The Morgan fingerprint density at radius 3 is 2.81 bits per heavy atom. The van der Waals surface area contributed by atoms with Gasteiger partial charge in [0.2, 0.25) is 0 Å². The molecule has 0 amide bonds. The molecule has 0 N–H and O–H groups in total. The van der Waals surface area contributed by atoms with Gasteiger partial charge in [0.1, 0.15) is 5.52 Å². The van der Waals surface area contributed by atoms with Gasteiger partial charge in [-0.2, -0.15) is 0 Å². The van der Waals surface area contributed by atoms with Gasteiger partial charge in [0.25, 0.3) is 5.22 Å². The normalized spacial score (nSPS) is 11.6. The molecule has 0 aliphatic rings. The number of halogens is 1. The van der Waals surface area contributed by atoms with E-state index in [0.717, 1.165) is 11.8 Å². The topological polar surface area (TPSA) is 84.6 Å². The fourth-order valence-electron chi connectivity index (χ4n) is 2.40. The smallest absolute Gasteiger partial charge is 0.261 e. The molecule has 0 aliphatic heterocycles. The molecule has 0 spiro atoms. The van der Waals surface area contributed by atoms with Crippen molar-refractivity contribution in [2.75, 3.05) is 13.7 Å². The third-order valence-electron chi connectivity index (χ3n) is 3.51. The van der Waals surface area contributed by atoms with Crippen LogP contribution in [0.5, 0.6) is 11.5 Å². The predicted octanol–water partition coefficient (Wildman–Crippen LogP) is 3.77. The number of benzene rings is 2. The molecule has 140 valence electrons. The maximum atomic E-state index is 11.6. The van der Waals surface area contributed by atoms with Crippen LogP contribution in [0, 0.1) is 0 Å². The van der Waals surface area contributed by atoms with E-state index in [4.69, 9.17) is 25.5 Å². The van der Waals surface area contributed by atoms with E-state index in [-0.39, 0.29) is 10.1 Å². The lowest BCUT2D eigenvalue weighted by Crippen LogP contribution is -2.23. The van der Waals surface area contributed by atoms with Crippen LogP contribution < -0.4 is 14.6 Å². The number of carboxylic acids is 1. The van der Waals surface area contributed by atoms with Crippen LogP contribution in [0.2, 0.25) is 5.02 Å². The van der Waals surface area contributed by atoms with Crippen molar-refractivity contribution in [2.45, 2.75) is 12.1 Å². The second-order valence-electron chi connectivity index (χ2n) is 5.31. The molecule has 3 aromatic rings. The Morgan fingerprint density at radius 1 is 1.37 bits per heavy atom. The summed E-state index contributed by atoms with van der Waals surface area (Å²) in [5.74, 6) is -0.548. The van der Waals surface area contributed by atoms with Gasteiger partial charge in [0, 0.05) is 4.91 Å². The first-order valence-electron chi connectivity index (χ1n) is 7.98. The van der Waals surface area contributed by atoms with Gasteiger partial charge in [0.05, 0.1) is 24.7 Å². The van der Waals surface area contributed by atoms with E-state index >= 15 is 0 Å². The van der Waals surface area contributed by atoms with Crippen molar-refractivity contribution in [3.05, 3.63) is 51.9 Å². The minimum atomic E-state index is -1.35. The number of ether oxygens (including phenoxy) is 2. The molecule has 0 radical (unpaired) electrons. The Balaban J connectivity index is 1.96. The maximum absolute atomic E-state index is 11.6. The van der Waals surface area contributed by atoms with Gasteiger partial charge in [-0.05, 0) is 54.6 Å². The molecular formula is C19H15ClNO5S-. The number of hydrogen-bond acceptors (Lipinski definition) is 7. The molecule has 1 aromatic heterocycles. The molecule has 0 aliphatic carbocycles. The van der Waals surface area contributed by atoms with Gasteiger partial charge in [-0.1, -0.05) is 23.7 Å².